The van der Waals surface area contributed by atoms with Crippen LogP contribution in [0.3, 0.4) is 0 Å². The summed E-state index contributed by atoms with van der Waals surface area (Å²) in [5, 5.41) is 13.1. The maximum absolute atomic E-state index is 13.4. The summed E-state index contributed by atoms with van der Waals surface area (Å²) < 4.78 is 45.9. The predicted molar refractivity (Wildman–Crippen MR) is 111 cm³/mol. The van der Waals surface area contributed by atoms with Crippen molar-refractivity contribution in [1.82, 2.24) is 4.72 Å². The third-order valence-corrected chi connectivity index (χ3v) is 6.22. The van der Waals surface area contributed by atoms with Crippen LogP contribution in [0.15, 0.2) is 41.3 Å². The molecule has 3 rings (SSSR count). The van der Waals surface area contributed by atoms with E-state index in [0.717, 1.165) is 31.0 Å². The van der Waals surface area contributed by atoms with Crippen molar-refractivity contribution >= 4 is 33.3 Å². The molecule has 2 N–H and O–H groups in total. The highest BCUT2D eigenvalue weighted by Crippen LogP contribution is 2.24. The molecule has 1 saturated carbocycles. The molecule has 170 valence electrons. The first-order chi connectivity index (χ1) is 15.0. The van der Waals surface area contributed by atoms with E-state index in [1.54, 1.807) is 6.92 Å². The van der Waals surface area contributed by atoms with Gasteiger partial charge in [0.25, 0.3) is 5.91 Å². The second-order valence-electron chi connectivity index (χ2n) is 7.33. The fourth-order valence-electron chi connectivity index (χ4n) is 2.73. The first-order valence-corrected chi connectivity index (χ1v) is 11.0. The minimum Gasteiger partial charge on any atom is -0.449 e. The van der Waals surface area contributed by atoms with Gasteiger partial charge in [-0.05, 0) is 56.5 Å². The second-order valence-corrected chi connectivity index (χ2v) is 9.05. The largest absolute Gasteiger partial charge is 0.449 e. The Morgan fingerprint density at radius 1 is 1.22 bits per heavy atom. The monoisotopic (exact) mass is 465 g/mol. The standard InChI is InChI=1S/C20H20FN3O7S/c1-11-3-7-15(32(29,30)23-13-4-5-13)10-16(11)20(26)31-12(2)19(25)22-14-6-8-17(21)18(9-14)24(27)28/h3,6-10,12-13,23H,4-5H2,1-2H3,(H,22,25). The summed E-state index contributed by atoms with van der Waals surface area (Å²) in [6.07, 6.45) is 0.184. The van der Waals surface area contributed by atoms with Crippen molar-refractivity contribution < 1.29 is 32.1 Å². The van der Waals surface area contributed by atoms with E-state index in [4.69, 9.17) is 4.74 Å². The zero-order valence-electron chi connectivity index (χ0n) is 17.1. The van der Waals surface area contributed by atoms with E-state index in [-0.39, 0.29) is 22.2 Å². The third-order valence-electron chi connectivity index (χ3n) is 4.70. The van der Waals surface area contributed by atoms with E-state index in [2.05, 4.69) is 10.0 Å². The van der Waals surface area contributed by atoms with Gasteiger partial charge in [-0.2, -0.15) is 4.39 Å². The van der Waals surface area contributed by atoms with Crippen LogP contribution in [-0.2, 0) is 19.6 Å². The lowest BCUT2D eigenvalue weighted by molar-refractivity contribution is -0.387. The summed E-state index contributed by atoms with van der Waals surface area (Å²) in [4.78, 5) is 34.7. The van der Waals surface area contributed by atoms with Crippen molar-refractivity contribution in [3.8, 4) is 0 Å². The van der Waals surface area contributed by atoms with Gasteiger partial charge < -0.3 is 10.1 Å². The number of nitrogens with zero attached hydrogens (tertiary/aromatic N) is 1. The van der Waals surface area contributed by atoms with E-state index < -0.39 is 44.4 Å². The number of hydrogen-bond donors (Lipinski definition) is 2. The van der Waals surface area contributed by atoms with Gasteiger partial charge in [-0.1, -0.05) is 6.07 Å². The highest BCUT2D eigenvalue weighted by molar-refractivity contribution is 7.89. The van der Waals surface area contributed by atoms with Crippen molar-refractivity contribution in [1.29, 1.82) is 0 Å². The lowest BCUT2D eigenvalue weighted by Gasteiger charge is -2.15. The van der Waals surface area contributed by atoms with Crippen molar-refractivity contribution in [2.75, 3.05) is 5.32 Å². The number of carbonyl (C=O) groups is 2. The number of halogens is 1. The molecule has 0 heterocycles. The van der Waals surface area contributed by atoms with Crippen LogP contribution in [-0.4, -0.2) is 37.4 Å². The van der Waals surface area contributed by atoms with Gasteiger partial charge in [0, 0.05) is 17.8 Å². The molecule has 0 saturated heterocycles. The molecule has 1 aliphatic carbocycles. The average Bonchev–Trinajstić information content (AvgIpc) is 3.52. The molecule has 0 aromatic heterocycles. The van der Waals surface area contributed by atoms with E-state index in [1.807, 2.05) is 0 Å². The number of benzene rings is 2. The number of nitro groups is 1. The average molecular weight is 465 g/mol. The predicted octanol–water partition coefficient (Wildman–Crippen LogP) is 2.67. The summed E-state index contributed by atoms with van der Waals surface area (Å²) in [5.41, 5.74) is -0.454. The minimum absolute atomic E-state index is 0.0271. The van der Waals surface area contributed by atoms with Gasteiger partial charge in [-0.25, -0.2) is 17.9 Å². The Labute approximate surface area is 183 Å². The third kappa shape index (κ3) is 5.45. The maximum atomic E-state index is 13.4. The minimum atomic E-state index is -3.79. The van der Waals surface area contributed by atoms with Crippen molar-refractivity contribution in [2.24, 2.45) is 0 Å². The number of anilines is 1. The number of carbonyl (C=O) groups excluding carboxylic acids is 2. The molecular formula is C20H20FN3O7S. The van der Waals surface area contributed by atoms with Gasteiger partial charge in [0.15, 0.2) is 6.10 Å². The lowest BCUT2D eigenvalue weighted by Crippen LogP contribution is -2.30. The number of sulfonamides is 1. The van der Waals surface area contributed by atoms with Gasteiger partial charge >= 0.3 is 11.7 Å². The molecule has 0 bridgehead atoms. The van der Waals surface area contributed by atoms with Gasteiger partial charge in [0.2, 0.25) is 15.8 Å². The van der Waals surface area contributed by atoms with E-state index >= 15 is 0 Å². The Morgan fingerprint density at radius 2 is 1.91 bits per heavy atom. The summed E-state index contributed by atoms with van der Waals surface area (Å²) in [6, 6.07) is 6.69. The number of aryl methyl sites for hydroxylation is 1. The number of rotatable bonds is 8. The maximum Gasteiger partial charge on any atom is 0.339 e. The molecule has 1 amide bonds. The number of nitro benzene ring substituents is 1. The van der Waals surface area contributed by atoms with E-state index in [9.17, 15) is 32.5 Å². The summed E-state index contributed by atoms with van der Waals surface area (Å²) in [7, 11) is -3.79. The normalized spacial score (nSPS) is 14.5. The lowest BCUT2D eigenvalue weighted by atomic mass is 10.1. The van der Waals surface area contributed by atoms with Crippen LogP contribution in [0, 0.1) is 22.9 Å². The molecule has 2 aromatic carbocycles. The molecule has 1 fully saturated rings. The topological polar surface area (TPSA) is 145 Å². The first kappa shape index (κ1) is 23.3. The molecule has 32 heavy (non-hydrogen) atoms. The summed E-state index contributed by atoms with van der Waals surface area (Å²) in [6.45, 7) is 2.86. The van der Waals surface area contributed by atoms with Crippen molar-refractivity contribution in [3.05, 3.63) is 63.5 Å². The molecule has 0 spiro atoms. The molecule has 1 unspecified atom stereocenters. The summed E-state index contributed by atoms with van der Waals surface area (Å²) in [5.74, 6) is -2.79. The molecule has 10 nitrogen and oxygen atoms in total. The second kappa shape index (κ2) is 9.01. The van der Waals surface area contributed by atoms with Crippen LogP contribution < -0.4 is 10.0 Å². The fourth-order valence-corrected chi connectivity index (χ4v) is 4.06. The molecule has 1 atom stereocenters. The Bertz CT molecular complexity index is 1200. The van der Waals surface area contributed by atoms with E-state index in [0.29, 0.717) is 5.56 Å². The number of esters is 1. The number of nitrogens with one attached hydrogen (secondary N) is 2. The van der Waals surface area contributed by atoms with Crippen molar-refractivity contribution in [2.45, 2.75) is 43.7 Å². The highest BCUT2D eigenvalue weighted by atomic mass is 32.2. The van der Waals surface area contributed by atoms with Crippen LogP contribution in [0.25, 0.3) is 0 Å². The number of ether oxygens (including phenoxy) is 1. The van der Waals surface area contributed by atoms with Gasteiger partial charge in [0.1, 0.15) is 0 Å². The number of hydrogen-bond acceptors (Lipinski definition) is 7. The van der Waals surface area contributed by atoms with Crippen LogP contribution in [0.2, 0.25) is 0 Å². The molecule has 1 aliphatic rings. The zero-order chi connectivity index (χ0) is 23.6. The molecular weight excluding hydrogens is 445 g/mol. The first-order valence-electron chi connectivity index (χ1n) is 9.56. The van der Waals surface area contributed by atoms with Crippen LogP contribution in [0.4, 0.5) is 15.8 Å². The Balaban J connectivity index is 1.71. The summed E-state index contributed by atoms with van der Waals surface area (Å²) >= 11 is 0. The van der Waals surface area contributed by atoms with Gasteiger partial charge in [-0.3, -0.25) is 14.9 Å². The van der Waals surface area contributed by atoms with Crippen LogP contribution in [0.1, 0.15) is 35.7 Å². The van der Waals surface area contributed by atoms with Gasteiger partial charge in [-0.15, -0.1) is 0 Å². The molecule has 0 radical (unpaired) electrons. The van der Waals surface area contributed by atoms with E-state index in [1.165, 1.54) is 25.1 Å². The quantitative estimate of drug-likeness (QED) is 0.346. The zero-order valence-corrected chi connectivity index (χ0v) is 17.9. The Morgan fingerprint density at radius 3 is 2.53 bits per heavy atom. The SMILES string of the molecule is Cc1ccc(S(=O)(=O)NC2CC2)cc1C(=O)OC(C)C(=O)Nc1ccc(F)c([N+](=O)[O-])c1. The number of amides is 1. The smallest absolute Gasteiger partial charge is 0.339 e. The van der Waals surface area contributed by atoms with Gasteiger partial charge in [0.05, 0.1) is 15.4 Å². The molecule has 12 heteroatoms. The van der Waals surface area contributed by atoms with Crippen LogP contribution in [0.5, 0.6) is 0 Å². The fraction of sp³-hybridized carbons (Fsp3) is 0.300. The molecule has 0 aliphatic heterocycles. The molecule has 2 aromatic rings. The highest BCUT2D eigenvalue weighted by Gasteiger charge is 2.29. The van der Waals surface area contributed by atoms with Crippen LogP contribution >= 0.6 is 0 Å². The van der Waals surface area contributed by atoms with Crippen molar-refractivity contribution in [3.63, 3.8) is 0 Å². The Kier molecular flexibility index (Phi) is 6.55. The Hall–Kier alpha value is -3.38.